The second-order valence-electron chi connectivity index (χ2n) is 6.37. The van der Waals surface area contributed by atoms with Crippen molar-refractivity contribution in [2.75, 3.05) is 52.9 Å². The molecule has 0 N–H and O–H groups in total. The van der Waals surface area contributed by atoms with Crippen molar-refractivity contribution in [3.63, 3.8) is 0 Å². The van der Waals surface area contributed by atoms with Crippen LogP contribution in [0.2, 0.25) is 0 Å². The largest absolute Gasteiger partial charge is 0.377 e. The zero-order chi connectivity index (χ0) is 16.0. The van der Waals surface area contributed by atoms with E-state index >= 15 is 0 Å². The van der Waals surface area contributed by atoms with E-state index in [1.165, 1.54) is 4.31 Å². The SMILES string of the molecule is CCCCN(C)S(=O)(=O)N1CCCN(C[C@@H]2CCCO2)CC1. The molecule has 2 aliphatic heterocycles. The monoisotopic (exact) mass is 333 g/mol. The van der Waals surface area contributed by atoms with Crippen LogP contribution in [0, 0.1) is 0 Å². The van der Waals surface area contributed by atoms with Crippen molar-refractivity contribution in [1.29, 1.82) is 0 Å². The van der Waals surface area contributed by atoms with Crippen molar-refractivity contribution < 1.29 is 13.2 Å². The van der Waals surface area contributed by atoms with E-state index in [1.807, 2.05) is 0 Å². The summed E-state index contributed by atoms with van der Waals surface area (Å²) >= 11 is 0. The summed E-state index contributed by atoms with van der Waals surface area (Å²) in [4.78, 5) is 2.36. The molecule has 130 valence electrons. The highest BCUT2D eigenvalue weighted by molar-refractivity contribution is 7.86. The second-order valence-corrected chi connectivity index (χ2v) is 8.41. The molecule has 0 aromatic heterocycles. The average molecular weight is 333 g/mol. The van der Waals surface area contributed by atoms with Crippen molar-refractivity contribution in [3.8, 4) is 0 Å². The molecule has 0 amide bonds. The summed E-state index contributed by atoms with van der Waals surface area (Å²) in [5.41, 5.74) is 0. The van der Waals surface area contributed by atoms with Crippen LogP contribution in [0.4, 0.5) is 0 Å². The van der Waals surface area contributed by atoms with Gasteiger partial charge in [-0.1, -0.05) is 13.3 Å². The predicted octanol–water partition coefficient (Wildman–Crippen LogP) is 1.15. The van der Waals surface area contributed by atoms with Crippen molar-refractivity contribution in [2.45, 2.75) is 45.1 Å². The van der Waals surface area contributed by atoms with E-state index < -0.39 is 10.2 Å². The third-order valence-electron chi connectivity index (χ3n) is 4.58. The zero-order valence-corrected chi connectivity index (χ0v) is 14.9. The van der Waals surface area contributed by atoms with Gasteiger partial charge in [-0.25, -0.2) is 0 Å². The molecule has 1 atom stereocenters. The van der Waals surface area contributed by atoms with Gasteiger partial charge in [-0.05, 0) is 32.2 Å². The zero-order valence-electron chi connectivity index (χ0n) is 14.0. The quantitative estimate of drug-likeness (QED) is 0.701. The molecule has 6 nitrogen and oxygen atoms in total. The Morgan fingerprint density at radius 1 is 1.18 bits per heavy atom. The van der Waals surface area contributed by atoms with Crippen LogP contribution >= 0.6 is 0 Å². The van der Waals surface area contributed by atoms with Gasteiger partial charge in [-0.2, -0.15) is 17.0 Å². The normalized spacial score (nSPS) is 25.7. The van der Waals surface area contributed by atoms with Crippen molar-refractivity contribution in [1.82, 2.24) is 13.5 Å². The van der Waals surface area contributed by atoms with Crippen LogP contribution in [0.25, 0.3) is 0 Å². The van der Waals surface area contributed by atoms with E-state index in [0.717, 1.165) is 58.3 Å². The lowest BCUT2D eigenvalue weighted by molar-refractivity contribution is 0.0749. The van der Waals surface area contributed by atoms with Gasteiger partial charge in [0.1, 0.15) is 0 Å². The summed E-state index contributed by atoms with van der Waals surface area (Å²) in [5, 5.41) is 0. The van der Waals surface area contributed by atoms with Crippen LogP contribution in [-0.4, -0.2) is 81.0 Å². The van der Waals surface area contributed by atoms with Crippen LogP contribution in [0.1, 0.15) is 39.0 Å². The van der Waals surface area contributed by atoms with Gasteiger partial charge in [0.15, 0.2) is 0 Å². The molecule has 0 aromatic carbocycles. The molecule has 2 saturated heterocycles. The average Bonchev–Trinajstić information content (AvgIpc) is 2.88. The topological polar surface area (TPSA) is 53.1 Å². The van der Waals surface area contributed by atoms with Crippen LogP contribution in [0.5, 0.6) is 0 Å². The summed E-state index contributed by atoms with van der Waals surface area (Å²) in [7, 11) is -1.61. The molecular weight excluding hydrogens is 302 g/mol. The minimum Gasteiger partial charge on any atom is -0.377 e. The predicted molar refractivity (Wildman–Crippen MR) is 88.1 cm³/mol. The molecule has 0 saturated carbocycles. The molecule has 2 aliphatic rings. The van der Waals surface area contributed by atoms with E-state index in [4.69, 9.17) is 4.74 Å². The fraction of sp³-hybridized carbons (Fsp3) is 1.00. The Morgan fingerprint density at radius 2 is 2.00 bits per heavy atom. The Hall–Kier alpha value is -0.210. The van der Waals surface area contributed by atoms with Crippen LogP contribution in [0.3, 0.4) is 0 Å². The van der Waals surface area contributed by atoms with E-state index in [1.54, 1.807) is 11.4 Å². The minimum absolute atomic E-state index is 0.343. The van der Waals surface area contributed by atoms with Gasteiger partial charge in [0, 0.05) is 46.4 Å². The lowest BCUT2D eigenvalue weighted by atomic mass is 10.2. The summed E-state index contributed by atoms with van der Waals surface area (Å²) < 4.78 is 34.1. The van der Waals surface area contributed by atoms with Crippen molar-refractivity contribution in [2.24, 2.45) is 0 Å². The summed E-state index contributed by atoms with van der Waals surface area (Å²) in [5.74, 6) is 0. The Morgan fingerprint density at radius 3 is 2.68 bits per heavy atom. The molecule has 0 aliphatic carbocycles. The van der Waals surface area contributed by atoms with Gasteiger partial charge in [0.2, 0.25) is 0 Å². The molecule has 0 radical (unpaired) electrons. The highest BCUT2D eigenvalue weighted by Gasteiger charge is 2.29. The number of hydrogen-bond acceptors (Lipinski definition) is 4. The number of rotatable bonds is 7. The first kappa shape index (κ1) is 18.1. The molecule has 7 heteroatoms. The molecule has 2 heterocycles. The van der Waals surface area contributed by atoms with Gasteiger partial charge in [0.25, 0.3) is 10.2 Å². The molecule has 0 aromatic rings. The number of nitrogens with zero attached hydrogens (tertiary/aromatic N) is 3. The fourth-order valence-corrected chi connectivity index (χ4v) is 4.56. The lowest BCUT2D eigenvalue weighted by Gasteiger charge is -2.27. The minimum atomic E-state index is -3.30. The highest BCUT2D eigenvalue weighted by atomic mass is 32.2. The Balaban J connectivity index is 1.85. The molecular formula is C15H31N3O3S. The van der Waals surface area contributed by atoms with Crippen LogP contribution in [-0.2, 0) is 14.9 Å². The number of hydrogen-bond donors (Lipinski definition) is 0. The molecule has 0 unspecified atom stereocenters. The standard InChI is InChI=1S/C15H31N3O3S/c1-3-4-8-16(2)22(19,20)18-10-6-9-17(11-12-18)14-15-7-5-13-21-15/h15H,3-14H2,1-2H3/t15-/m0/s1. The van der Waals surface area contributed by atoms with Gasteiger partial charge >= 0.3 is 0 Å². The maximum absolute atomic E-state index is 12.6. The molecule has 0 bridgehead atoms. The fourth-order valence-electron chi connectivity index (χ4n) is 3.13. The van der Waals surface area contributed by atoms with E-state index in [2.05, 4.69) is 11.8 Å². The maximum atomic E-state index is 12.6. The van der Waals surface area contributed by atoms with Gasteiger partial charge in [0.05, 0.1) is 6.10 Å². The maximum Gasteiger partial charge on any atom is 0.281 e. The van der Waals surface area contributed by atoms with Crippen molar-refractivity contribution in [3.05, 3.63) is 0 Å². The Labute approximate surface area is 135 Å². The summed E-state index contributed by atoms with van der Waals surface area (Å²) in [6.07, 6.45) is 5.45. The first-order chi connectivity index (χ1) is 10.5. The van der Waals surface area contributed by atoms with Gasteiger partial charge in [-0.3, -0.25) is 4.90 Å². The van der Waals surface area contributed by atoms with E-state index in [9.17, 15) is 8.42 Å². The van der Waals surface area contributed by atoms with E-state index in [0.29, 0.717) is 25.7 Å². The lowest BCUT2D eigenvalue weighted by Crippen LogP contribution is -2.44. The summed E-state index contributed by atoms with van der Waals surface area (Å²) in [6.45, 7) is 7.49. The van der Waals surface area contributed by atoms with Crippen molar-refractivity contribution >= 4 is 10.2 Å². The van der Waals surface area contributed by atoms with Crippen LogP contribution in [0.15, 0.2) is 0 Å². The Kier molecular flexibility index (Phi) is 7.08. The first-order valence-electron chi connectivity index (χ1n) is 8.59. The molecule has 2 rings (SSSR count). The highest BCUT2D eigenvalue weighted by Crippen LogP contribution is 2.16. The van der Waals surface area contributed by atoms with Crippen LogP contribution < -0.4 is 0 Å². The Bertz CT molecular complexity index is 424. The third kappa shape index (κ3) is 4.89. The number of ether oxygens (including phenoxy) is 1. The molecule has 22 heavy (non-hydrogen) atoms. The second kappa shape index (κ2) is 8.59. The smallest absolute Gasteiger partial charge is 0.281 e. The molecule has 0 spiro atoms. The summed E-state index contributed by atoms with van der Waals surface area (Å²) in [6, 6.07) is 0. The number of unbranched alkanes of at least 4 members (excludes halogenated alkanes) is 1. The van der Waals surface area contributed by atoms with E-state index in [-0.39, 0.29) is 0 Å². The van der Waals surface area contributed by atoms with Gasteiger partial charge < -0.3 is 4.74 Å². The molecule has 2 fully saturated rings. The van der Waals surface area contributed by atoms with Gasteiger partial charge in [-0.15, -0.1) is 0 Å². The third-order valence-corrected chi connectivity index (χ3v) is 6.57. The first-order valence-corrected chi connectivity index (χ1v) is 9.99.